The maximum atomic E-state index is 12.3. The average molecular weight is 370 g/mol. The Morgan fingerprint density at radius 3 is 2.67 bits per heavy atom. The Balaban J connectivity index is 1.66. The van der Waals surface area contributed by atoms with Crippen molar-refractivity contribution in [3.63, 3.8) is 0 Å². The predicted molar refractivity (Wildman–Crippen MR) is 101 cm³/mol. The highest BCUT2D eigenvalue weighted by atomic mass is 16.6. The zero-order valence-electron chi connectivity index (χ0n) is 15.4. The number of hydrogen-bond acceptors (Lipinski definition) is 6. The highest BCUT2D eigenvalue weighted by molar-refractivity contribution is 5.86. The number of ether oxygens (including phenoxy) is 2. The van der Waals surface area contributed by atoms with Gasteiger partial charge in [0, 0.05) is 11.6 Å². The van der Waals surface area contributed by atoms with E-state index in [9.17, 15) is 15.0 Å². The molecule has 3 N–H and O–H groups in total. The van der Waals surface area contributed by atoms with Crippen LogP contribution in [0.3, 0.4) is 0 Å². The molecule has 2 aromatic carbocycles. The molecule has 0 fully saturated rings. The number of hydrazone groups is 1. The molecule has 0 spiro atoms. The van der Waals surface area contributed by atoms with Crippen molar-refractivity contribution in [1.82, 2.24) is 5.43 Å². The lowest BCUT2D eigenvalue weighted by Crippen LogP contribution is -2.42. The van der Waals surface area contributed by atoms with E-state index in [2.05, 4.69) is 31.3 Å². The van der Waals surface area contributed by atoms with Crippen molar-refractivity contribution in [3.8, 4) is 23.0 Å². The number of rotatable bonds is 3. The predicted octanol–water partition coefficient (Wildman–Crippen LogP) is 2.69. The lowest BCUT2D eigenvalue weighted by Gasteiger charge is -2.27. The second-order valence-corrected chi connectivity index (χ2v) is 7.31. The molecule has 0 aliphatic carbocycles. The molecule has 142 valence electrons. The molecule has 0 aromatic heterocycles. The third kappa shape index (κ3) is 4.31. The van der Waals surface area contributed by atoms with Gasteiger partial charge in [-0.15, -0.1) is 0 Å². The standard InChI is InChI=1S/C20H22N2O5/c1-20(2,3)13-5-7-16-17(8-13)27-18(11-26-16)19(25)22-21-10-12-4-6-14(23)9-15(12)24/h4-10,18,23-24H,11H2,1-3H3,(H,22,25)/b21-10+/t18-/m0/s1. The molecular formula is C20H22N2O5. The summed E-state index contributed by atoms with van der Waals surface area (Å²) in [5, 5.41) is 22.8. The van der Waals surface area contributed by atoms with Crippen LogP contribution >= 0.6 is 0 Å². The van der Waals surface area contributed by atoms with E-state index in [1.807, 2.05) is 18.2 Å². The second-order valence-electron chi connectivity index (χ2n) is 7.31. The number of fused-ring (bicyclic) bond motifs is 1. The minimum Gasteiger partial charge on any atom is -0.508 e. The zero-order chi connectivity index (χ0) is 19.6. The van der Waals surface area contributed by atoms with Gasteiger partial charge in [-0.05, 0) is 35.2 Å². The maximum absolute atomic E-state index is 12.3. The van der Waals surface area contributed by atoms with Crippen LogP contribution in [0.25, 0.3) is 0 Å². The van der Waals surface area contributed by atoms with Gasteiger partial charge < -0.3 is 19.7 Å². The van der Waals surface area contributed by atoms with Crippen LogP contribution in [0.5, 0.6) is 23.0 Å². The number of nitrogens with one attached hydrogen (secondary N) is 1. The van der Waals surface area contributed by atoms with E-state index in [1.54, 1.807) is 0 Å². The number of carbonyl (C=O) groups is 1. The van der Waals surface area contributed by atoms with Gasteiger partial charge in [0.15, 0.2) is 11.5 Å². The highest BCUT2D eigenvalue weighted by Crippen LogP contribution is 2.36. The molecule has 0 unspecified atom stereocenters. The van der Waals surface area contributed by atoms with E-state index < -0.39 is 12.0 Å². The fraction of sp³-hybridized carbons (Fsp3) is 0.300. The molecule has 1 atom stereocenters. The smallest absolute Gasteiger partial charge is 0.284 e. The first kappa shape index (κ1) is 18.6. The van der Waals surface area contributed by atoms with E-state index in [-0.39, 0.29) is 23.5 Å². The van der Waals surface area contributed by atoms with Gasteiger partial charge in [0.25, 0.3) is 5.91 Å². The number of benzene rings is 2. The number of nitrogens with zero attached hydrogens (tertiary/aromatic N) is 1. The van der Waals surface area contributed by atoms with Gasteiger partial charge in [-0.25, -0.2) is 5.43 Å². The van der Waals surface area contributed by atoms with E-state index in [4.69, 9.17) is 9.47 Å². The largest absolute Gasteiger partial charge is 0.508 e. The van der Waals surface area contributed by atoms with Crippen molar-refractivity contribution >= 4 is 12.1 Å². The summed E-state index contributed by atoms with van der Waals surface area (Å²) < 4.78 is 11.4. The van der Waals surface area contributed by atoms with E-state index in [1.165, 1.54) is 24.4 Å². The van der Waals surface area contributed by atoms with Crippen LogP contribution in [0, 0.1) is 0 Å². The molecule has 3 rings (SSSR count). The number of hydrogen-bond donors (Lipinski definition) is 3. The molecule has 7 heteroatoms. The molecule has 1 heterocycles. The summed E-state index contributed by atoms with van der Waals surface area (Å²) in [4.78, 5) is 12.3. The van der Waals surface area contributed by atoms with Crippen LogP contribution in [-0.2, 0) is 10.2 Å². The van der Waals surface area contributed by atoms with Crippen molar-refractivity contribution < 1.29 is 24.5 Å². The summed E-state index contributed by atoms with van der Waals surface area (Å²) in [5.41, 5.74) is 3.75. The summed E-state index contributed by atoms with van der Waals surface area (Å²) >= 11 is 0. The molecule has 27 heavy (non-hydrogen) atoms. The minimum absolute atomic E-state index is 0.0516. The molecule has 0 bridgehead atoms. The van der Waals surface area contributed by atoms with Gasteiger partial charge in [-0.3, -0.25) is 4.79 Å². The lowest BCUT2D eigenvalue weighted by atomic mass is 9.87. The Labute approximate surface area is 157 Å². The Morgan fingerprint density at radius 2 is 1.96 bits per heavy atom. The summed E-state index contributed by atoms with van der Waals surface area (Å²) in [6.45, 7) is 6.36. The van der Waals surface area contributed by atoms with Gasteiger partial charge in [-0.1, -0.05) is 26.8 Å². The van der Waals surface area contributed by atoms with Gasteiger partial charge in [0.1, 0.15) is 18.1 Å². The first-order valence-electron chi connectivity index (χ1n) is 8.53. The zero-order valence-corrected chi connectivity index (χ0v) is 15.4. The van der Waals surface area contributed by atoms with Crippen LogP contribution in [0.15, 0.2) is 41.5 Å². The fourth-order valence-corrected chi connectivity index (χ4v) is 2.55. The van der Waals surface area contributed by atoms with Crippen molar-refractivity contribution in [2.45, 2.75) is 32.3 Å². The minimum atomic E-state index is -0.835. The SMILES string of the molecule is CC(C)(C)c1ccc2c(c1)O[C@H](C(=O)N/N=C/c1ccc(O)cc1O)CO2. The molecule has 1 aliphatic heterocycles. The van der Waals surface area contributed by atoms with Crippen LogP contribution in [0.1, 0.15) is 31.9 Å². The molecule has 0 saturated carbocycles. The van der Waals surface area contributed by atoms with E-state index >= 15 is 0 Å². The van der Waals surface area contributed by atoms with Crippen LogP contribution < -0.4 is 14.9 Å². The number of phenolic OH excluding ortho intramolecular Hbond substituents is 2. The third-order valence-corrected chi connectivity index (χ3v) is 4.15. The van der Waals surface area contributed by atoms with Gasteiger partial charge in [0.05, 0.1) is 6.21 Å². The van der Waals surface area contributed by atoms with Crippen molar-refractivity contribution in [1.29, 1.82) is 0 Å². The first-order chi connectivity index (χ1) is 12.7. The van der Waals surface area contributed by atoms with E-state index in [0.717, 1.165) is 5.56 Å². The van der Waals surface area contributed by atoms with Crippen molar-refractivity contribution in [3.05, 3.63) is 47.5 Å². The number of phenols is 2. The van der Waals surface area contributed by atoms with Crippen LogP contribution in [0.4, 0.5) is 0 Å². The maximum Gasteiger partial charge on any atom is 0.284 e. The van der Waals surface area contributed by atoms with Gasteiger partial charge >= 0.3 is 0 Å². The highest BCUT2D eigenvalue weighted by Gasteiger charge is 2.28. The molecule has 0 saturated heterocycles. The van der Waals surface area contributed by atoms with Crippen LogP contribution in [-0.4, -0.2) is 35.0 Å². The summed E-state index contributed by atoms with van der Waals surface area (Å²) in [6, 6.07) is 9.78. The molecular weight excluding hydrogens is 348 g/mol. The Morgan fingerprint density at radius 1 is 1.19 bits per heavy atom. The third-order valence-electron chi connectivity index (χ3n) is 4.15. The molecule has 1 amide bonds. The Bertz CT molecular complexity index is 886. The molecule has 0 radical (unpaired) electrons. The summed E-state index contributed by atoms with van der Waals surface area (Å²) in [6.07, 6.45) is 0.445. The second kappa shape index (κ2) is 7.19. The van der Waals surface area contributed by atoms with Gasteiger partial charge in [-0.2, -0.15) is 5.10 Å². The number of amides is 1. The molecule has 2 aromatic rings. The van der Waals surface area contributed by atoms with Crippen molar-refractivity contribution in [2.24, 2.45) is 5.10 Å². The normalized spacial score (nSPS) is 16.3. The molecule has 7 nitrogen and oxygen atoms in total. The van der Waals surface area contributed by atoms with E-state index in [0.29, 0.717) is 17.1 Å². The lowest BCUT2D eigenvalue weighted by molar-refractivity contribution is -0.130. The monoisotopic (exact) mass is 370 g/mol. The fourth-order valence-electron chi connectivity index (χ4n) is 2.55. The van der Waals surface area contributed by atoms with Crippen molar-refractivity contribution in [2.75, 3.05) is 6.61 Å². The number of carbonyl (C=O) groups excluding carboxylic acids is 1. The first-order valence-corrected chi connectivity index (χ1v) is 8.53. The summed E-state index contributed by atoms with van der Waals surface area (Å²) in [5.74, 6) is 0.457. The van der Waals surface area contributed by atoms with Gasteiger partial charge in [0.2, 0.25) is 6.10 Å². The quantitative estimate of drug-likeness (QED) is 0.570. The Hall–Kier alpha value is -3.22. The average Bonchev–Trinajstić information content (AvgIpc) is 2.61. The topological polar surface area (TPSA) is 100 Å². The Kier molecular flexibility index (Phi) is 4.94. The molecule has 1 aliphatic rings. The van der Waals surface area contributed by atoms with Crippen LogP contribution in [0.2, 0.25) is 0 Å². The summed E-state index contributed by atoms with van der Waals surface area (Å²) in [7, 11) is 0. The number of aromatic hydroxyl groups is 2.